The summed E-state index contributed by atoms with van der Waals surface area (Å²) in [5.41, 5.74) is 2.25. The molecule has 0 atom stereocenters. The van der Waals surface area contributed by atoms with Gasteiger partial charge in [-0.05, 0) is 25.0 Å². The van der Waals surface area contributed by atoms with Crippen LogP contribution in [0, 0.1) is 12.8 Å². The van der Waals surface area contributed by atoms with Crippen molar-refractivity contribution in [2.45, 2.75) is 33.5 Å². The fourth-order valence-electron chi connectivity index (χ4n) is 1.83. The van der Waals surface area contributed by atoms with E-state index < -0.39 is 0 Å². The smallest absolute Gasteiger partial charge is 0.163 e. The molecule has 4 heteroatoms. The Labute approximate surface area is 125 Å². The van der Waals surface area contributed by atoms with Gasteiger partial charge in [-0.1, -0.05) is 31.5 Å². The Morgan fingerprint density at radius 3 is 2.50 bits per heavy atom. The molecular weight excluding hydrogens is 270 g/mol. The van der Waals surface area contributed by atoms with Gasteiger partial charge in [0.1, 0.15) is 0 Å². The Morgan fingerprint density at radius 2 is 1.90 bits per heavy atom. The number of hydrogen-bond donors (Lipinski definition) is 0. The lowest BCUT2D eigenvalue weighted by molar-refractivity contribution is -0.0342. The lowest BCUT2D eigenvalue weighted by atomic mass is 10.2. The molecule has 0 N–H and O–H groups in total. The number of aliphatic imine (C=N–C) groups is 1. The molecule has 20 heavy (non-hydrogen) atoms. The lowest BCUT2D eigenvalue weighted by Crippen LogP contribution is -2.13. The summed E-state index contributed by atoms with van der Waals surface area (Å²) in [7, 11) is 0. The molecular formula is C16H23NO2S. The first-order chi connectivity index (χ1) is 9.63. The fraction of sp³-hybridized carbons (Fsp3) is 0.562. The SMILES string of the molecule is Cc1ccc(N=C(CC2OCCO2)SCC(C)C)cc1. The maximum Gasteiger partial charge on any atom is 0.163 e. The monoisotopic (exact) mass is 293 g/mol. The van der Waals surface area contributed by atoms with Crippen LogP contribution in [0.3, 0.4) is 0 Å². The third-order valence-corrected chi connectivity index (χ3v) is 4.33. The van der Waals surface area contributed by atoms with Gasteiger partial charge in [-0.2, -0.15) is 0 Å². The van der Waals surface area contributed by atoms with E-state index in [2.05, 4.69) is 45.0 Å². The molecule has 1 aliphatic rings. The Kier molecular flexibility index (Phi) is 6.07. The second-order valence-corrected chi connectivity index (χ2v) is 6.51. The average molecular weight is 293 g/mol. The van der Waals surface area contributed by atoms with E-state index in [1.54, 1.807) is 11.8 Å². The molecule has 1 aliphatic heterocycles. The van der Waals surface area contributed by atoms with Gasteiger partial charge in [0.15, 0.2) is 6.29 Å². The largest absolute Gasteiger partial charge is 0.350 e. The van der Waals surface area contributed by atoms with Gasteiger partial charge in [0.2, 0.25) is 0 Å². The quantitative estimate of drug-likeness (QED) is 0.603. The normalized spacial score (nSPS) is 17.1. The number of hydrogen-bond acceptors (Lipinski definition) is 4. The van der Waals surface area contributed by atoms with Gasteiger partial charge in [0.05, 0.1) is 23.9 Å². The molecule has 1 saturated heterocycles. The maximum absolute atomic E-state index is 5.53. The average Bonchev–Trinajstić information content (AvgIpc) is 2.91. The van der Waals surface area contributed by atoms with Crippen LogP contribution < -0.4 is 0 Å². The minimum absolute atomic E-state index is 0.126. The molecule has 110 valence electrons. The molecule has 0 unspecified atom stereocenters. The highest BCUT2D eigenvalue weighted by Crippen LogP contribution is 2.22. The van der Waals surface area contributed by atoms with Crippen LogP contribution in [-0.2, 0) is 9.47 Å². The van der Waals surface area contributed by atoms with Crippen molar-refractivity contribution < 1.29 is 9.47 Å². The first-order valence-corrected chi connectivity index (χ1v) is 8.12. The van der Waals surface area contributed by atoms with Crippen molar-refractivity contribution >= 4 is 22.5 Å². The van der Waals surface area contributed by atoms with E-state index in [0.717, 1.165) is 22.9 Å². The van der Waals surface area contributed by atoms with Crippen LogP contribution in [0.4, 0.5) is 5.69 Å². The zero-order chi connectivity index (χ0) is 14.4. The molecule has 1 fully saturated rings. The Morgan fingerprint density at radius 1 is 1.25 bits per heavy atom. The summed E-state index contributed by atoms with van der Waals surface area (Å²) in [6.07, 6.45) is 0.615. The molecule has 0 saturated carbocycles. The Hall–Kier alpha value is -0.840. The Balaban J connectivity index is 2.04. The highest BCUT2D eigenvalue weighted by atomic mass is 32.2. The van der Waals surface area contributed by atoms with Gasteiger partial charge in [-0.25, -0.2) is 4.99 Å². The summed E-state index contributed by atoms with van der Waals surface area (Å²) in [5.74, 6) is 1.71. The van der Waals surface area contributed by atoms with E-state index in [4.69, 9.17) is 14.5 Å². The lowest BCUT2D eigenvalue weighted by Gasteiger charge is -2.12. The van der Waals surface area contributed by atoms with Gasteiger partial charge in [0.25, 0.3) is 0 Å². The number of rotatable bonds is 5. The van der Waals surface area contributed by atoms with Gasteiger partial charge < -0.3 is 9.47 Å². The second kappa shape index (κ2) is 7.81. The van der Waals surface area contributed by atoms with Crippen molar-refractivity contribution in [2.75, 3.05) is 19.0 Å². The van der Waals surface area contributed by atoms with Crippen LogP contribution in [0.15, 0.2) is 29.3 Å². The topological polar surface area (TPSA) is 30.8 Å². The van der Waals surface area contributed by atoms with Crippen LogP contribution in [-0.4, -0.2) is 30.3 Å². The van der Waals surface area contributed by atoms with E-state index in [0.29, 0.717) is 19.1 Å². The van der Waals surface area contributed by atoms with Crippen LogP contribution in [0.25, 0.3) is 0 Å². The van der Waals surface area contributed by atoms with E-state index >= 15 is 0 Å². The van der Waals surface area contributed by atoms with Crippen molar-refractivity contribution in [3.63, 3.8) is 0 Å². The first-order valence-electron chi connectivity index (χ1n) is 7.13. The molecule has 1 aromatic rings. The van der Waals surface area contributed by atoms with Gasteiger partial charge >= 0.3 is 0 Å². The van der Waals surface area contributed by atoms with Crippen molar-refractivity contribution in [1.82, 2.24) is 0 Å². The molecule has 0 amide bonds. The fourth-order valence-corrected chi connectivity index (χ4v) is 2.78. The highest BCUT2D eigenvalue weighted by molar-refractivity contribution is 8.13. The molecule has 2 rings (SSSR count). The molecule has 0 radical (unpaired) electrons. The van der Waals surface area contributed by atoms with Crippen LogP contribution in [0.2, 0.25) is 0 Å². The van der Waals surface area contributed by atoms with Crippen LogP contribution in [0.1, 0.15) is 25.8 Å². The van der Waals surface area contributed by atoms with Gasteiger partial charge in [0, 0.05) is 12.2 Å². The number of nitrogens with zero attached hydrogens (tertiary/aromatic N) is 1. The molecule has 0 bridgehead atoms. The molecule has 1 aromatic carbocycles. The van der Waals surface area contributed by atoms with E-state index in [1.807, 2.05) is 0 Å². The van der Waals surface area contributed by atoms with Crippen molar-refractivity contribution in [3.8, 4) is 0 Å². The van der Waals surface area contributed by atoms with Crippen molar-refractivity contribution in [2.24, 2.45) is 10.9 Å². The first kappa shape index (κ1) is 15.5. The summed E-state index contributed by atoms with van der Waals surface area (Å²) < 4.78 is 11.1. The number of thioether (sulfide) groups is 1. The standard InChI is InChI=1S/C16H23NO2S/c1-12(2)11-20-15(10-16-18-8-9-19-16)17-14-6-4-13(3)5-7-14/h4-7,12,16H,8-11H2,1-3H3. The van der Waals surface area contributed by atoms with E-state index in [1.165, 1.54) is 5.56 Å². The summed E-state index contributed by atoms with van der Waals surface area (Å²) in [5, 5.41) is 1.09. The number of benzene rings is 1. The summed E-state index contributed by atoms with van der Waals surface area (Å²) in [4.78, 5) is 4.75. The van der Waals surface area contributed by atoms with E-state index in [9.17, 15) is 0 Å². The van der Waals surface area contributed by atoms with Crippen LogP contribution in [0.5, 0.6) is 0 Å². The minimum Gasteiger partial charge on any atom is -0.350 e. The molecule has 3 nitrogen and oxygen atoms in total. The molecule has 1 heterocycles. The van der Waals surface area contributed by atoms with Gasteiger partial charge in [-0.3, -0.25) is 0 Å². The third kappa shape index (κ3) is 5.27. The van der Waals surface area contributed by atoms with Crippen molar-refractivity contribution in [1.29, 1.82) is 0 Å². The molecule has 0 aliphatic carbocycles. The summed E-state index contributed by atoms with van der Waals surface area (Å²) in [6, 6.07) is 8.29. The van der Waals surface area contributed by atoms with Crippen LogP contribution >= 0.6 is 11.8 Å². The third-order valence-electron chi connectivity index (χ3n) is 2.90. The summed E-state index contributed by atoms with van der Waals surface area (Å²) >= 11 is 1.81. The second-order valence-electron chi connectivity index (χ2n) is 5.42. The highest BCUT2D eigenvalue weighted by Gasteiger charge is 2.19. The number of ether oxygens (including phenoxy) is 2. The predicted octanol–water partition coefficient (Wildman–Crippen LogP) is 4.18. The van der Waals surface area contributed by atoms with E-state index in [-0.39, 0.29) is 6.29 Å². The Bertz CT molecular complexity index is 436. The predicted molar refractivity (Wildman–Crippen MR) is 85.9 cm³/mol. The van der Waals surface area contributed by atoms with Crippen molar-refractivity contribution in [3.05, 3.63) is 29.8 Å². The zero-order valence-electron chi connectivity index (χ0n) is 12.5. The zero-order valence-corrected chi connectivity index (χ0v) is 13.3. The number of aryl methyl sites for hydroxylation is 1. The minimum atomic E-state index is -0.126. The van der Waals surface area contributed by atoms with Gasteiger partial charge in [-0.15, -0.1) is 11.8 Å². The molecule has 0 spiro atoms. The molecule has 0 aromatic heterocycles. The maximum atomic E-state index is 5.53. The summed E-state index contributed by atoms with van der Waals surface area (Å²) in [6.45, 7) is 7.91.